The number of aromatic nitrogens is 4. The number of nitrogens with two attached hydrogens (primary N) is 1. The first-order valence-corrected chi connectivity index (χ1v) is 10.3. The summed E-state index contributed by atoms with van der Waals surface area (Å²) in [7, 11) is 0. The Morgan fingerprint density at radius 2 is 1.94 bits per heavy atom. The highest BCUT2D eigenvalue weighted by atomic mass is 19.4. The van der Waals surface area contributed by atoms with Gasteiger partial charge in [-0.2, -0.15) is 0 Å². The van der Waals surface area contributed by atoms with Gasteiger partial charge in [0.15, 0.2) is 5.82 Å². The van der Waals surface area contributed by atoms with Gasteiger partial charge in [-0.15, -0.1) is 23.4 Å². The molecular formula is C22H21F3N6O2. The monoisotopic (exact) mass is 458 g/mol. The Morgan fingerprint density at radius 3 is 2.70 bits per heavy atom. The number of ether oxygens (including phenoxy) is 1. The Kier molecular flexibility index (Phi) is 6.03. The lowest BCUT2D eigenvalue weighted by molar-refractivity contribution is -0.274. The second-order valence-corrected chi connectivity index (χ2v) is 7.47. The van der Waals surface area contributed by atoms with Gasteiger partial charge in [0.1, 0.15) is 11.6 Å². The van der Waals surface area contributed by atoms with E-state index in [-0.39, 0.29) is 5.75 Å². The predicted molar refractivity (Wildman–Crippen MR) is 116 cm³/mol. The Labute approximate surface area is 186 Å². The quantitative estimate of drug-likeness (QED) is 0.386. The van der Waals surface area contributed by atoms with Crippen molar-refractivity contribution < 1.29 is 22.7 Å². The zero-order chi connectivity index (χ0) is 23.6. The number of halogens is 3. The van der Waals surface area contributed by atoms with Crippen LogP contribution in [-0.4, -0.2) is 38.4 Å². The minimum Gasteiger partial charge on any atom is -0.406 e. The summed E-state index contributed by atoms with van der Waals surface area (Å²) in [5, 5.41) is 11.4. The molecule has 0 aliphatic carbocycles. The van der Waals surface area contributed by atoms with Crippen LogP contribution in [0.3, 0.4) is 0 Å². The first-order chi connectivity index (χ1) is 15.7. The standard InChI is InChI=1S/C22H21F3N6O2/c1-13-29-30-21-20(27-11-5-4-7-14-6-2-3-8-16(14)19(26)32)28-17-10-9-15(33-22(23,24)25)12-18(17)31(13)21/h2-3,6,8-10,12H,4-5,7,11H2,1H3,(H2,26,32)(H,27,28). The van der Waals surface area contributed by atoms with E-state index in [0.717, 1.165) is 18.4 Å². The molecule has 0 unspecified atom stereocenters. The number of hydrogen-bond acceptors (Lipinski definition) is 6. The third-order valence-corrected chi connectivity index (χ3v) is 5.14. The van der Waals surface area contributed by atoms with Gasteiger partial charge in [-0.25, -0.2) is 4.98 Å². The van der Waals surface area contributed by atoms with Crippen LogP contribution in [0, 0.1) is 6.92 Å². The van der Waals surface area contributed by atoms with Crippen molar-refractivity contribution in [3.8, 4) is 5.75 Å². The molecule has 33 heavy (non-hydrogen) atoms. The molecule has 4 rings (SSSR count). The topological polar surface area (TPSA) is 107 Å². The van der Waals surface area contributed by atoms with E-state index in [1.807, 2.05) is 12.1 Å². The zero-order valence-electron chi connectivity index (χ0n) is 17.7. The van der Waals surface area contributed by atoms with Gasteiger partial charge < -0.3 is 15.8 Å². The van der Waals surface area contributed by atoms with Crippen LogP contribution in [0.25, 0.3) is 16.7 Å². The Hall–Kier alpha value is -3.89. The summed E-state index contributed by atoms with van der Waals surface area (Å²) < 4.78 is 43.5. The number of alkyl halides is 3. The number of rotatable bonds is 8. The summed E-state index contributed by atoms with van der Waals surface area (Å²) in [6, 6.07) is 11.2. The highest BCUT2D eigenvalue weighted by Gasteiger charge is 2.31. The van der Waals surface area contributed by atoms with Crippen LogP contribution in [0.4, 0.5) is 19.0 Å². The summed E-state index contributed by atoms with van der Waals surface area (Å²) in [6.45, 7) is 2.28. The highest BCUT2D eigenvalue weighted by molar-refractivity contribution is 5.94. The second kappa shape index (κ2) is 8.93. The molecular weight excluding hydrogens is 437 g/mol. The fourth-order valence-corrected chi connectivity index (χ4v) is 3.69. The lowest BCUT2D eigenvalue weighted by Gasteiger charge is -2.12. The molecule has 2 heterocycles. The van der Waals surface area contributed by atoms with Crippen molar-refractivity contribution in [2.75, 3.05) is 11.9 Å². The second-order valence-electron chi connectivity index (χ2n) is 7.47. The van der Waals surface area contributed by atoms with Crippen molar-refractivity contribution in [1.82, 2.24) is 19.6 Å². The van der Waals surface area contributed by atoms with Crippen LogP contribution in [-0.2, 0) is 6.42 Å². The van der Waals surface area contributed by atoms with Crippen LogP contribution in [0.15, 0.2) is 42.5 Å². The van der Waals surface area contributed by atoms with E-state index in [2.05, 4.69) is 25.2 Å². The van der Waals surface area contributed by atoms with Crippen molar-refractivity contribution >= 4 is 28.4 Å². The molecule has 172 valence electrons. The molecule has 0 fully saturated rings. The summed E-state index contributed by atoms with van der Waals surface area (Å²) in [5.74, 6) is 0.193. The van der Waals surface area contributed by atoms with Crippen molar-refractivity contribution in [1.29, 1.82) is 0 Å². The van der Waals surface area contributed by atoms with Gasteiger partial charge in [-0.05, 0) is 49.9 Å². The molecule has 0 radical (unpaired) electrons. The SMILES string of the molecule is Cc1nnc2c(NCCCCc3ccccc3C(N)=O)nc3ccc(OC(F)(F)F)cc3n12. The first-order valence-electron chi connectivity index (χ1n) is 10.3. The molecule has 2 aromatic heterocycles. The van der Waals surface area contributed by atoms with E-state index in [0.29, 0.717) is 46.9 Å². The van der Waals surface area contributed by atoms with E-state index >= 15 is 0 Å². The highest BCUT2D eigenvalue weighted by Crippen LogP contribution is 2.28. The van der Waals surface area contributed by atoms with Crippen LogP contribution < -0.4 is 15.8 Å². The number of hydrogen-bond donors (Lipinski definition) is 2. The molecule has 1 amide bonds. The number of aryl methyl sites for hydroxylation is 2. The van der Waals surface area contributed by atoms with Gasteiger partial charge in [-0.1, -0.05) is 18.2 Å². The molecule has 0 aliphatic heterocycles. The van der Waals surface area contributed by atoms with Gasteiger partial charge in [0.25, 0.3) is 0 Å². The lowest BCUT2D eigenvalue weighted by atomic mass is 10.0. The van der Waals surface area contributed by atoms with Crippen LogP contribution >= 0.6 is 0 Å². The Morgan fingerprint density at radius 1 is 1.15 bits per heavy atom. The molecule has 0 aliphatic rings. The molecule has 0 saturated heterocycles. The molecule has 11 heteroatoms. The predicted octanol–water partition coefficient (Wildman–Crippen LogP) is 4.02. The third kappa shape index (κ3) is 4.97. The van der Waals surface area contributed by atoms with Crippen LogP contribution in [0.5, 0.6) is 5.75 Å². The number of amides is 1. The maximum Gasteiger partial charge on any atom is 0.573 e. The number of benzene rings is 2. The van der Waals surface area contributed by atoms with Gasteiger partial charge in [-0.3, -0.25) is 9.20 Å². The minimum absolute atomic E-state index is 0.344. The third-order valence-electron chi connectivity index (χ3n) is 5.14. The maximum absolute atomic E-state index is 12.6. The molecule has 0 bridgehead atoms. The normalized spacial score (nSPS) is 11.8. The van der Waals surface area contributed by atoms with Crippen LogP contribution in [0.2, 0.25) is 0 Å². The Bertz CT molecular complexity index is 1320. The molecule has 3 N–H and O–H groups in total. The fourth-order valence-electron chi connectivity index (χ4n) is 3.69. The number of anilines is 1. The number of primary amides is 1. The van der Waals surface area contributed by atoms with Crippen molar-refractivity contribution in [3.63, 3.8) is 0 Å². The summed E-state index contributed by atoms with van der Waals surface area (Å²) >= 11 is 0. The average molecular weight is 458 g/mol. The smallest absolute Gasteiger partial charge is 0.406 e. The molecule has 8 nitrogen and oxygen atoms in total. The largest absolute Gasteiger partial charge is 0.573 e. The summed E-state index contributed by atoms with van der Waals surface area (Å²) in [6.07, 6.45) is -2.50. The Balaban J connectivity index is 1.49. The van der Waals surface area contributed by atoms with Crippen molar-refractivity contribution in [2.24, 2.45) is 5.73 Å². The van der Waals surface area contributed by atoms with Gasteiger partial charge in [0.05, 0.1) is 11.0 Å². The number of carbonyl (C=O) groups is 1. The molecule has 2 aromatic carbocycles. The van der Waals surface area contributed by atoms with Crippen molar-refractivity contribution in [3.05, 3.63) is 59.4 Å². The van der Waals surface area contributed by atoms with E-state index in [1.165, 1.54) is 18.2 Å². The van der Waals surface area contributed by atoms with Crippen molar-refractivity contribution in [2.45, 2.75) is 32.5 Å². The van der Waals surface area contributed by atoms with Gasteiger partial charge in [0, 0.05) is 18.2 Å². The van der Waals surface area contributed by atoms with E-state index in [4.69, 9.17) is 5.73 Å². The molecule has 4 aromatic rings. The van der Waals surface area contributed by atoms with Crippen LogP contribution in [0.1, 0.15) is 34.6 Å². The number of unbranched alkanes of at least 4 members (excludes halogenated alkanes) is 1. The number of fused-ring (bicyclic) bond motifs is 3. The summed E-state index contributed by atoms with van der Waals surface area (Å²) in [5.41, 5.74) is 8.13. The molecule has 0 saturated carbocycles. The zero-order valence-corrected chi connectivity index (χ0v) is 17.7. The lowest BCUT2D eigenvalue weighted by Crippen LogP contribution is -2.17. The fraction of sp³-hybridized carbons (Fsp3) is 0.273. The van der Waals surface area contributed by atoms with Gasteiger partial charge >= 0.3 is 6.36 Å². The maximum atomic E-state index is 12.6. The first kappa shape index (κ1) is 22.3. The number of nitrogens with one attached hydrogen (secondary N) is 1. The summed E-state index contributed by atoms with van der Waals surface area (Å²) in [4.78, 5) is 16.1. The van der Waals surface area contributed by atoms with Gasteiger partial charge in [0.2, 0.25) is 11.6 Å². The average Bonchev–Trinajstić information content (AvgIpc) is 3.15. The minimum atomic E-state index is -4.79. The van der Waals surface area contributed by atoms with E-state index in [9.17, 15) is 18.0 Å². The van der Waals surface area contributed by atoms with E-state index in [1.54, 1.807) is 23.5 Å². The number of nitrogens with zero attached hydrogens (tertiary/aromatic N) is 4. The molecule has 0 spiro atoms. The molecule has 0 atom stereocenters. The number of carbonyl (C=O) groups excluding carboxylic acids is 1. The van der Waals surface area contributed by atoms with E-state index < -0.39 is 12.3 Å².